The highest BCUT2D eigenvalue weighted by Crippen LogP contribution is 2.39. The largest absolute Gasteiger partial charge is 0.464 e. The quantitative estimate of drug-likeness (QED) is 0.658. The zero-order chi connectivity index (χ0) is 17.0. The van der Waals surface area contributed by atoms with E-state index in [0.717, 1.165) is 0 Å². The molecule has 1 heterocycles. The fourth-order valence-electron chi connectivity index (χ4n) is 2.08. The first-order valence-corrected chi connectivity index (χ1v) is 7.07. The molecule has 0 N–H and O–H groups in total. The van der Waals surface area contributed by atoms with Crippen LogP contribution in [0.4, 0.5) is 0 Å². The highest BCUT2D eigenvalue weighted by atomic mass is 16.8. The van der Waals surface area contributed by atoms with Gasteiger partial charge in [-0.15, -0.1) is 0 Å². The van der Waals surface area contributed by atoms with Crippen LogP contribution in [0.2, 0.25) is 0 Å². The van der Waals surface area contributed by atoms with Crippen LogP contribution in [0.1, 0.15) is 27.7 Å². The van der Waals surface area contributed by atoms with Gasteiger partial charge in [-0.25, -0.2) is 9.59 Å². The van der Waals surface area contributed by atoms with Crippen molar-refractivity contribution in [2.24, 2.45) is 0 Å². The molecule has 1 fully saturated rings. The molecule has 0 saturated carbocycles. The molecule has 8 nitrogen and oxygen atoms in total. The monoisotopic (exact) mass is 320 g/mol. The Bertz CT molecular complexity index is 374. The molecular weight excluding hydrogens is 296 g/mol. The summed E-state index contributed by atoms with van der Waals surface area (Å²) in [6.45, 7) is 6.67. The maximum atomic E-state index is 12.1. The third-order valence-corrected chi connectivity index (χ3v) is 3.62. The van der Waals surface area contributed by atoms with E-state index in [9.17, 15) is 9.59 Å². The van der Waals surface area contributed by atoms with Gasteiger partial charge in [0, 0.05) is 14.2 Å². The average Bonchev–Trinajstić information content (AvgIpc) is 2.50. The Kier molecular flexibility index (Phi) is 6.30. The molecular formula is C14H24O8. The molecule has 4 atom stereocenters. The van der Waals surface area contributed by atoms with Crippen molar-refractivity contribution in [1.29, 1.82) is 0 Å². The molecule has 1 aliphatic rings. The van der Waals surface area contributed by atoms with Gasteiger partial charge in [-0.2, -0.15) is 0 Å². The Morgan fingerprint density at radius 1 is 0.864 bits per heavy atom. The van der Waals surface area contributed by atoms with Crippen molar-refractivity contribution in [1.82, 2.24) is 0 Å². The highest BCUT2D eigenvalue weighted by Gasteiger charge is 2.60. The Hall–Kier alpha value is -1.22. The van der Waals surface area contributed by atoms with Crippen LogP contribution >= 0.6 is 0 Å². The molecule has 0 unspecified atom stereocenters. The standard InChI is InChI=1S/C14H24O8/c1-7-19-11(15)9-10(12(16)20-8-2)22-14(4,18-6)13(3,17-5)21-9/h9-10H,7-8H2,1-6H3/t9-,10-,13-,14-/m1/s1. The molecule has 128 valence electrons. The normalized spacial score (nSPS) is 35.0. The molecule has 0 bridgehead atoms. The zero-order valence-corrected chi connectivity index (χ0v) is 13.8. The van der Waals surface area contributed by atoms with Gasteiger partial charge in [0.2, 0.25) is 11.6 Å². The zero-order valence-electron chi connectivity index (χ0n) is 13.8. The van der Waals surface area contributed by atoms with Gasteiger partial charge in [0.15, 0.2) is 12.2 Å². The first-order chi connectivity index (χ1) is 10.3. The van der Waals surface area contributed by atoms with Crippen molar-refractivity contribution in [2.75, 3.05) is 27.4 Å². The van der Waals surface area contributed by atoms with Gasteiger partial charge in [0.1, 0.15) is 0 Å². The second-order valence-electron chi connectivity index (χ2n) is 4.88. The molecule has 1 rings (SSSR count). The number of ether oxygens (including phenoxy) is 6. The molecule has 8 heteroatoms. The fraction of sp³-hybridized carbons (Fsp3) is 0.857. The number of carbonyl (C=O) groups is 2. The Labute approximate surface area is 129 Å². The lowest BCUT2D eigenvalue weighted by Gasteiger charge is -2.50. The second kappa shape index (κ2) is 7.36. The van der Waals surface area contributed by atoms with E-state index in [4.69, 9.17) is 28.4 Å². The number of rotatable bonds is 6. The minimum absolute atomic E-state index is 0.138. The molecule has 22 heavy (non-hydrogen) atoms. The molecule has 0 radical (unpaired) electrons. The van der Waals surface area contributed by atoms with Gasteiger partial charge >= 0.3 is 11.9 Å². The Balaban J connectivity index is 3.15. The molecule has 1 saturated heterocycles. The predicted molar refractivity (Wildman–Crippen MR) is 73.8 cm³/mol. The van der Waals surface area contributed by atoms with Crippen LogP contribution in [0.5, 0.6) is 0 Å². The van der Waals surface area contributed by atoms with Gasteiger partial charge < -0.3 is 28.4 Å². The van der Waals surface area contributed by atoms with E-state index < -0.39 is 35.7 Å². The summed E-state index contributed by atoms with van der Waals surface area (Å²) in [4.78, 5) is 24.2. The lowest BCUT2D eigenvalue weighted by molar-refractivity contribution is -0.439. The van der Waals surface area contributed by atoms with Crippen molar-refractivity contribution in [3.63, 3.8) is 0 Å². The first kappa shape index (κ1) is 18.8. The van der Waals surface area contributed by atoms with E-state index in [2.05, 4.69) is 0 Å². The fourth-order valence-corrected chi connectivity index (χ4v) is 2.08. The van der Waals surface area contributed by atoms with Crippen LogP contribution in [0.15, 0.2) is 0 Å². The van der Waals surface area contributed by atoms with Gasteiger partial charge in [0.05, 0.1) is 13.2 Å². The molecule has 0 aromatic heterocycles. The Morgan fingerprint density at radius 3 is 1.41 bits per heavy atom. The summed E-state index contributed by atoms with van der Waals surface area (Å²) >= 11 is 0. The Morgan fingerprint density at radius 2 is 1.18 bits per heavy atom. The summed E-state index contributed by atoms with van der Waals surface area (Å²) in [5, 5.41) is 0. The summed E-state index contributed by atoms with van der Waals surface area (Å²) < 4.78 is 31.8. The maximum absolute atomic E-state index is 12.1. The minimum Gasteiger partial charge on any atom is -0.464 e. The number of hydrogen-bond donors (Lipinski definition) is 0. The van der Waals surface area contributed by atoms with Gasteiger partial charge in [-0.05, 0) is 27.7 Å². The summed E-state index contributed by atoms with van der Waals surface area (Å²) in [6, 6.07) is 0. The van der Waals surface area contributed by atoms with E-state index in [0.29, 0.717) is 0 Å². The van der Waals surface area contributed by atoms with Gasteiger partial charge in [0.25, 0.3) is 0 Å². The third kappa shape index (κ3) is 3.40. The smallest absolute Gasteiger partial charge is 0.338 e. The van der Waals surface area contributed by atoms with Crippen molar-refractivity contribution in [3.05, 3.63) is 0 Å². The van der Waals surface area contributed by atoms with Gasteiger partial charge in [-0.1, -0.05) is 0 Å². The summed E-state index contributed by atoms with van der Waals surface area (Å²) in [6.07, 6.45) is -2.63. The topological polar surface area (TPSA) is 89.5 Å². The SMILES string of the molecule is CCOC(=O)[C@@H]1O[C@@](C)(OC)[C@](C)(OC)O[C@H]1C(=O)OCC. The van der Waals surface area contributed by atoms with Crippen molar-refractivity contribution >= 4 is 11.9 Å². The van der Waals surface area contributed by atoms with Crippen molar-refractivity contribution in [2.45, 2.75) is 51.5 Å². The van der Waals surface area contributed by atoms with E-state index in [1.807, 2.05) is 0 Å². The van der Waals surface area contributed by atoms with Crippen LogP contribution in [0, 0.1) is 0 Å². The third-order valence-electron chi connectivity index (χ3n) is 3.62. The van der Waals surface area contributed by atoms with Crippen LogP contribution in [0.25, 0.3) is 0 Å². The van der Waals surface area contributed by atoms with Crippen molar-refractivity contribution < 1.29 is 38.0 Å². The summed E-state index contributed by atoms with van der Waals surface area (Å²) in [7, 11) is 2.76. The lowest BCUT2D eigenvalue weighted by atomic mass is 10.0. The molecule has 0 aliphatic carbocycles. The molecule has 0 spiro atoms. The first-order valence-electron chi connectivity index (χ1n) is 7.07. The summed E-state index contributed by atoms with van der Waals surface area (Å²) in [5.41, 5.74) is 0. The lowest BCUT2D eigenvalue weighted by Crippen LogP contribution is -2.68. The van der Waals surface area contributed by atoms with Crippen molar-refractivity contribution in [3.8, 4) is 0 Å². The predicted octanol–water partition coefficient (Wildman–Crippen LogP) is 0.622. The van der Waals surface area contributed by atoms with E-state index >= 15 is 0 Å². The van der Waals surface area contributed by atoms with Crippen LogP contribution in [-0.4, -0.2) is 63.2 Å². The summed E-state index contributed by atoms with van der Waals surface area (Å²) in [5.74, 6) is -4.30. The number of esters is 2. The number of carbonyl (C=O) groups excluding carboxylic acids is 2. The second-order valence-corrected chi connectivity index (χ2v) is 4.88. The van der Waals surface area contributed by atoms with E-state index in [-0.39, 0.29) is 13.2 Å². The average molecular weight is 320 g/mol. The van der Waals surface area contributed by atoms with E-state index in [1.165, 1.54) is 14.2 Å². The van der Waals surface area contributed by atoms with E-state index in [1.54, 1.807) is 27.7 Å². The van der Waals surface area contributed by atoms with Crippen LogP contribution < -0.4 is 0 Å². The number of methoxy groups -OCH3 is 2. The molecule has 0 aromatic carbocycles. The maximum Gasteiger partial charge on any atom is 0.338 e. The number of hydrogen-bond acceptors (Lipinski definition) is 8. The minimum atomic E-state index is -1.41. The highest BCUT2D eigenvalue weighted by molar-refractivity contribution is 5.86. The van der Waals surface area contributed by atoms with Gasteiger partial charge in [-0.3, -0.25) is 0 Å². The molecule has 1 aliphatic heterocycles. The molecule has 0 amide bonds. The van der Waals surface area contributed by atoms with Crippen LogP contribution in [-0.2, 0) is 38.0 Å². The van der Waals surface area contributed by atoms with Crippen LogP contribution in [0.3, 0.4) is 0 Å². The molecule has 0 aromatic rings.